The molecule has 3 amide bonds. The monoisotopic (exact) mass is 473 g/mol. The molecular formula is C25H39N5O2S. The molecular weight excluding hydrogens is 434 g/mol. The normalized spacial score (nSPS) is 12.1. The molecule has 8 heteroatoms. The minimum absolute atomic E-state index is 0.0485. The molecule has 182 valence electrons. The summed E-state index contributed by atoms with van der Waals surface area (Å²) in [5, 5.41) is 10.6. The lowest BCUT2D eigenvalue weighted by Crippen LogP contribution is -2.43. The molecule has 0 aliphatic rings. The van der Waals surface area contributed by atoms with Crippen molar-refractivity contribution >= 4 is 35.2 Å². The summed E-state index contributed by atoms with van der Waals surface area (Å²) in [6, 6.07) is 9.28. The number of urea groups is 1. The number of amides is 3. The van der Waals surface area contributed by atoms with E-state index in [-0.39, 0.29) is 35.4 Å². The van der Waals surface area contributed by atoms with E-state index in [9.17, 15) is 9.59 Å². The Kier molecular flexibility index (Phi) is 8.63. The number of anilines is 2. The van der Waals surface area contributed by atoms with Crippen LogP contribution in [0.15, 0.2) is 35.2 Å². The van der Waals surface area contributed by atoms with Crippen molar-refractivity contribution in [1.82, 2.24) is 14.7 Å². The van der Waals surface area contributed by atoms with Gasteiger partial charge in [0.1, 0.15) is 12.4 Å². The molecule has 2 aromatic rings. The third-order valence-electron chi connectivity index (χ3n) is 4.93. The smallest absolute Gasteiger partial charge is 0.315 e. The topological polar surface area (TPSA) is 79.3 Å². The van der Waals surface area contributed by atoms with Crippen LogP contribution in [0.2, 0.25) is 0 Å². The van der Waals surface area contributed by atoms with Crippen LogP contribution in [0.25, 0.3) is 0 Å². The van der Waals surface area contributed by atoms with Crippen molar-refractivity contribution < 1.29 is 9.59 Å². The average Bonchev–Trinajstić information content (AvgIpc) is 3.12. The van der Waals surface area contributed by atoms with Gasteiger partial charge in [-0.1, -0.05) is 34.6 Å². The van der Waals surface area contributed by atoms with Crippen LogP contribution in [0.5, 0.6) is 0 Å². The summed E-state index contributed by atoms with van der Waals surface area (Å²) in [5.41, 5.74) is 1.15. The Hall–Kier alpha value is -2.48. The molecule has 0 aliphatic heterocycles. The largest absolute Gasteiger partial charge is 0.322 e. The Morgan fingerprint density at radius 3 is 2.15 bits per heavy atom. The van der Waals surface area contributed by atoms with E-state index in [0.29, 0.717) is 18.1 Å². The first-order valence-electron chi connectivity index (χ1n) is 11.3. The summed E-state index contributed by atoms with van der Waals surface area (Å²) in [7, 11) is 0. The molecule has 1 aromatic heterocycles. The van der Waals surface area contributed by atoms with E-state index in [1.807, 2.05) is 75.9 Å². The van der Waals surface area contributed by atoms with Gasteiger partial charge in [0.2, 0.25) is 5.91 Å². The maximum absolute atomic E-state index is 13.0. The van der Waals surface area contributed by atoms with Crippen LogP contribution < -0.4 is 10.6 Å². The summed E-state index contributed by atoms with van der Waals surface area (Å²) in [4.78, 5) is 28.6. The molecule has 0 saturated heterocycles. The molecule has 2 rings (SSSR count). The lowest BCUT2D eigenvalue weighted by molar-refractivity contribution is -0.116. The number of thioether (sulfide) groups is 1. The second-order valence-electron chi connectivity index (χ2n) is 10.7. The average molecular weight is 474 g/mol. The second kappa shape index (κ2) is 10.6. The Bertz CT molecular complexity index is 953. The van der Waals surface area contributed by atoms with Gasteiger partial charge >= 0.3 is 6.03 Å². The van der Waals surface area contributed by atoms with E-state index >= 15 is 0 Å². The van der Waals surface area contributed by atoms with Gasteiger partial charge < -0.3 is 15.5 Å². The number of carbonyl (C=O) groups is 2. The van der Waals surface area contributed by atoms with Gasteiger partial charge in [-0.15, -0.1) is 11.8 Å². The maximum atomic E-state index is 13.0. The van der Waals surface area contributed by atoms with Gasteiger partial charge in [-0.2, -0.15) is 5.10 Å². The number of hydrogen-bond donors (Lipinski definition) is 2. The van der Waals surface area contributed by atoms with Crippen LogP contribution in [0, 0.1) is 5.92 Å². The molecule has 33 heavy (non-hydrogen) atoms. The summed E-state index contributed by atoms with van der Waals surface area (Å²) < 4.78 is 1.84. The van der Waals surface area contributed by atoms with Crippen molar-refractivity contribution in [2.75, 3.05) is 30.0 Å². The zero-order chi connectivity index (χ0) is 25.0. The maximum Gasteiger partial charge on any atom is 0.322 e. The fourth-order valence-electron chi connectivity index (χ4n) is 3.24. The fraction of sp³-hybridized carbons (Fsp3) is 0.560. The van der Waals surface area contributed by atoms with Crippen LogP contribution in [-0.4, -0.2) is 46.0 Å². The van der Waals surface area contributed by atoms with Gasteiger partial charge in [0.25, 0.3) is 0 Å². The van der Waals surface area contributed by atoms with Crippen LogP contribution in [0.1, 0.15) is 61.1 Å². The number of aromatic nitrogens is 2. The predicted octanol–water partition coefficient (Wildman–Crippen LogP) is 5.79. The van der Waals surface area contributed by atoms with Crippen molar-refractivity contribution in [2.45, 2.75) is 71.2 Å². The van der Waals surface area contributed by atoms with Gasteiger partial charge in [0.15, 0.2) is 0 Å². The zero-order valence-electron chi connectivity index (χ0n) is 21.4. The molecule has 1 heterocycles. The van der Waals surface area contributed by atoms with Gasteiger partial charge in [0, 0.05) is 28.6 Å². The first-order valence-corrected chi connectivity index (χ1v) is 12.5. The highest BCUT2D eigenvalue weighted by Gasteiger charge is 2.26. The molecule has 0 atom stereocenters. The standard InChI is InChI=1S/C25H39N5O2S/c1-17(2)15-29(23(32)26-18-10-12-19(33-9)13-11-18)16-22(31)27-21-14-20(24(3,4)5)28-30(21)25(6,7)8/h10-14,17H,15-16H2,1-9H3,(H,26,32)(H,27,31). The van der Waals surface area contributed by atoms with Crippen molar-refractivity contribution in [2.24, 2.45) is 5.92 Å². The number of benzene rings is 1. The molecule has 1 aromatic carbocycles. The number of nitrogens with zero attached hydrogens (tertiary/aromatic N) is 3. The van der Waals surface area contributed by atoms with Gasteiger partial charge in [-0.05, 0) is 57.2 Å². The van der Waals surface area contributed by atoms with Crippen LogP contribution in [0.3, 0.4) is 0 Å². The minimum atomic E-state index is -0.302. The number of nitrogens with one attached hydrogen (secondary N) is 2. The fourth-order valence-corrected chi connectivity index (χ4v) is 3.65. The van der Waals surface area contributed by atoms with Gasteiger partial charge in [-0.25, -0.2) is 9.48 Å². The first kappa shape index (κ1) is 26.8. The molecule has 0 fully saturated rings. The van der Waals surface area contributed by atoms with E-state index in [0.717, 1.165) is 10.6 Å². The zero-order valence-corrected chi connectivity index (χ0v) is 22.3. The third-order valence-corrected chi connectivity index (χ3v) is 5.67. The molecule has 2 N–H and O–H groups in total. The van der Waals surface area contributed by atoms with E-state index in [4.69, 9.17) is 5.10 Å². The predicted molar refractivity (Wildman–Crippen MR) is 138 cm³/mol. The lowest BCUT2D eigenvalue weighted by atomic mass is 9.92. The van der Waals surface area contributed by atoms with Gasteiger partial charge in [0.05, 0.1) is 11.2 Å². The number of carbonyl (C=O) groups excluding carboxylic acids is 2. The van der Waals surface area contributed by atoms with Crippen LogP contribution in [0.4, 0.5) is 16.3 Å². The first-order chi connectivity index (χ1) is 15.2. The summed E-state index contributed by atoms with van der Waals surface area (Å²) in [5.74, 6) is 0.597. The molecule has 0 bridgehead atoms. The molecule has 0 spiro atoms. The van der Waals surface area contributed by atoms with E-state index < -0.39 is 0 Å². The number of hydrogen-bond acceptors (Lipinski definition) is 4. The van der Waals surface area contributed by atoms with Crippen molar-refractivity contribution in [3.63, 3.8) is 0 Å². The molecule has 0 radical (unpaired) electrons. The Labute approximate surface area is 202 Å². The molecule has 0 unspecified atom stereocenters. The minimum Gasteiger partial charge on any atom is -0.315 e. The summed E-state index contributed by atoms with van der Waals surface area (Å²) >= 11 is 1.64. The lowest BCUT2D eigenvalue weighted by Gasteiger charge is -2.26. The quantitative estimate of drug-likeness (QED) is 0.499. The van der Waals surface area contributed by atoms with Crippen LogP contribution >= 0.6 is 11.8 Å². The van der Waals surface area contributed by atoms with E-state index in [1.54, 1.807) is 16.7 Å². The summed E-state index contributed by atoms with van der Waals surface area (Å²) in [6.45, 7) is 16.9. The third kappa shape index (κ3) is 7.81. The van der Waals surface area contributed by atoms with E-state index in [2.05, 4.69) is 31.4 Å². The van der Waals surface area contributed by atoms with Crippen molar-refractivity contribution in [3.05, 3.63) is 36.0 Å². The Morgan fingerprint density at radius 2 is 1.67 bits per heavy atom. The van der Waals surface area contributed by atoms with Crippen molar-refractivity contribution in [3.8, 4) is 0 Å². The highest BCUT2D eigenvalue weighted by molar-refractivity contribution is 7.98. The highest BCUT2D eigenvalue weighted by atomic mass is 32.2. The molecule has 0 saturated carbocycles. The van der Waals surface area contributed by atoms with Crippen molar-refractivity contribution in [1.29, 1.82) is 0 Å². The molecule has 0 aliphatic carbocycles. The van der Waals surface area contributed by atoms with Crippen LogP contribution in [-0.2, 0) is 15.7 Å². The SMILES string of the molecule is CSc1ccc(NC(=O)N(CC(=O)Nc2cc(C(C)(C)C)nn2C(C)(C)C)CC(C)C)cc1. The summed E-state index contributed by atoms with van der Waals surface area (Å²) in [6.07, 6.45) is 2.01. The molecule has 7 nitrogen and oxygen atoms in total. The number of rotatable bonds is 7. The van der Waals surface area contributed by atoms with Gasteiger partial charge in [-0.3, -0.25) is 4.79 Å². The second-order valence-corrected chi connectivity index (χ2v) is 11.6. The Balaban J connectivity index is 2.18. The van der Waals surface area contributed by atoms with E-state index in [1.165, 1.54) is 0 Å². The Morgan fingerprint density at radius 1 is 1.06 bits per heavy atom. The highest BCUT2D eigenvalue weighted by Crippen LogP contribution is 2.28.